The number of ether oxygens (including phenoxy) is 1. The summed E-state index contributed by atoms with van der Waals surface area (Å²) >= 11 is 1.10. The highest BCUT2D eigenvalue weighted by Crippen LogP contribution is 2.45. The van der Waals surface area contributed by atoms with E-state index in [1.165, 1.54) is 29.9 Å². The van der Waals surface area contributed by atoms with Crippen molar-refractivity contribution < 1.29 is 32.6 Å². The topological polar surface area (TPSA) is 132 Å². The molecule has 0 amide bonds. The van der Waals surface area contributed by atoms with E-state index in [0.29, 0.717) is 27.3 Å². The van der Waals surface area contributed by atoms with Crippen molar-refractivity contribution in [2.45, 2.75) is 11.8 Å². The van der Waals surface area contributed by atoms with Crippen LogP contribution in [0.5, 0.6) is 17.4 Å². The molecule has 5 rings (SSSR count). The van der Waals surface area contributed by atoms with Crippen LogP contribution in [0.4, 0.5) is 0 Å². The Hall–Kier alpha value is -4.09. The van der Waals surface area contributed by atoms with E-state index < -0.39 is 27.2 Å². The third-order valence-electron chi connectivity index (χ3n) is 5.64. The maximum Gasteiger partial charge on any atom is 0.242 e. The predicted octanol–water partition coefficient (Wildman–Crippen LogP) is 4.71. The number of fused-ring (bicyclic) bond motifs is 1. The number of ketones is 1. The molecule has 0 atom stereocenters. The van der Waals surface area contributed by atoms with Crippen molar-refractivity contribution >= 4 is 37.2 Å². The van der Waals surface area contributed by atoms with Crippen LogP contribution in [0.25, 0.3) is 26.6 Å². The van der Waals surface area contributed by atoms with Crippen molar-refractivity contribution in [2.24, 2.45) is 0 Å². The molecule has 0 spiro atoms. The number of aromatic hydroxyl groups is 2. The molecule has 2 N–H and O–H groups in total. The van der Waals surface area contributed by atoms with Crippen LogP contribution in [-0.4, -0.2) is 47.3 Å². The molecule has 0 fully saturated rings. The summed E-state index contributed by atoms with van der Waals surface area (Å²) in [6, 6.07) is 14.4. The summed E-state index contributed by atoms with van der Waals surface area (Å²) in [5, 5.41) is 22.2. The highest BCUT2D eigenvalue weighted by Gasteiger charge is 2.32. The first-order chi connectivity index (χ1) is 17.1. The molecule has 0 radical (unpaired) electrons. The Kier molecular flexibility index (Phi) is 5.61. The van der Waals surface area contributed by atoms with E-state index in [1.807, 2.05) is 0 Å². The standard InChI is InChI=1S/C25H20N2O7S2/c1-13-4-11-18(34-13)22(28)20-21(14-5-7-15(33-2)8-6-14)27(24(30)23(20)29)25-26-17-10-9-16(36(3,31)32)12-19(17)35-25/h4-12,29-30H,1-3H3. The number of aryl methyl sites for hydroxylation is 1. The average Bonchev–Trinajstić information content (AvgIpc) is 3.54. The number of carbonyl (C=O) groups is 1. The van der Waals surface area contributed by atoms with Gasteiger partial charge in [-0.3, -0.25) is 9.36 Å². The van der Waals surface area contributed by atoms with Crippen LogP contribution in [0.1, 0.15) is 21.9 Å². The quantitative estimate of drug-likeness (QED) is 0.305. The van der Waals surface area contributed by atoms with Crippen molar-refractivity contribution in [3.05, 3.63) is 71.7 Å². The number of carbonyl (C=O) groups excluding carboxylic acids is 1. The van der Waals surface area contributed by atoms with Crippen molar-refractivity contribution in [1.82, 2.24) is 9.55 Å². The van der Waals surface area contributed by atoms with E-state index in [9.17, 15) is 23.4 Å². The highest BCUT2D eigenvalue weighted by atomic mass is 32.2. The molecule has 3 heterocycles. The van der Waals surface area contributed by atoms with Crippen LogP contribution >= 0.6 is 11.3 Å². The van der Waals surface area contributed by atoms with Gasteiger partial charge in [0.2, 0.25) is 11.7 Å². The van der Waals surface area contributed by atoms with Gasteiger partial charge in [0.05, 0.1) is 33.5 Å². The average molecular weight is 525 g/mol. The number of furan rings is 1. The summed E-state index contributed by atoms with van der Waals surface area (Å²) in [6.07, 6.45) is 1.11. The lowest BCUT2D eigenvalue weighted by Crippen LogP contribution is -2.04. The molecule has 0 aliphatic carbocycles. The minimum atomic E-state index is -3.44. The van der Waals surface area contributed by atoms with Crippen LogP contribution in [0.2, 0.25) is 0 Å². The molecule has 36 heavy (non-hydrogen) atoms. The lowest BCUT2D eigenvalue weighted by molar-refractivity contribution is 0.101. The molecule has 0 unspecified atom stereocenters. The molecule has 0 aliphatic rings. The molecular formula is C25H20N2O7S2. The Labute approximate surface area is 209 Å². The molecule has 0 bridgehead atoms. The number of methoxy groups -OCH3 is 1. The molecule has 3 aromatic heterocycles. The summed E-state index contributed by atoms with van der Waals surface area (Å²) in [7, 11) is -1.92. The van der Waals surface area contributed by atoms with Gasteiger partial charge in [-0.25, -0.2) is 13.4 Å². The Morgan fingerprint density at radius 2 is 1.81 bits per heavy atom. The highest BCUT2D eigenvalue weighted by molar-refractivity contribution is 7.90. The fourth-order valence-corrected chi connectivity index (χ4v) is 5.61. The maximum absolute atomic E-state index is 13.4. The normalized spacial score (nSPS) is 11.8. The smallest absolute Gasteiger partial charge is 0.242 e. The van der Waals surface area contributed by atoms with Crippen LogP contribution in [0.15, 0.2) is 63.9 Å². The molecule has 9 nitrogen and oxygen atoms in total. The number of aromatic nitrogens is 2. The van der Waals surface area contributed by atoms with Gasteiger partial charge in [0.1, 0.15) is 11.5 Å². The monoisotopic (exact) mass is 524 g/mol. The van der Waals surface area contributed by atoms with Crippen molar-refractivity contribution in [3.8, 4) is 33.8 Å². The number of benzene rings is 2. The van der Waals surface area contributed by atoms with E-state index >= 15 is 0 Å². The second-order valence-electron chi connectivity index (χ2n) is 8.10. The van der Waals surface area contributed by atoms with Gasteiger partial charge in [0.25, 0.3) is 0 Å². The zero-order valence-corrected chi connectivity index (χ0v) is 21.0. The Bertz CT molecular complexity index is 1740. The zero-order valence-electron chi connectivity index (χ0n) is 19.3. The molecule has 0 saturated heterocycles. The summed E-state index contributed by atoms with van der Waals surface area (Å²) < 4.78 is 36.6. The largest absolute Gasteiger partial charge is 0.503 e. The molecule has 11 heteroatoms. The van der Waals surface area contributed by atoms with E-state index in [0.717, 1.165) is 17.6 Å². The second-order valence-corrected chi connectivity index (χ2v) is 11.1. The maximum atomic E-state index is 13.4. The predicted molar refractivity (Wildman–Crippen MR) is 134 cm³/mol. The number of hydrogen-bond donors (Lipinski definition) is 2. The number of hydrogen-bond acceptors (Lipinski definition) is 9. The minimum Gasteiger partial charge on any atom is -0.503 e. The van der Waals surface area contributed by atoms with Crippen molar-refractivity contribution in [3.63, 3.8) is 0 Å². The van der Waals surface area contributed by atoms with Gasteiger partial charge >= 0.3 is 0 Å². The Morgan fingerprint density at radius 3 is 2.42 bits per heavy atom. The van der Waals surface area contributed by atoms with Gasteiger partial charge in [-0.05, 0) is 67.1 Å². The number of nitrogens with zero attached hydrogens (tertiary/aromatic N) is 2. The summed E-state index contributed by atoms with van der Waals surface area (Å²) in [6.45, 7) is 1.69. The third kappa shape index (κ3) is 3.91. The van der Waals surface area contributed by atoms with Gasteiger partial charge in [-0.2, -0.15) is 0 Å². The Morgan fingerprint density at radius 1 is 1.08 bits per heavy atom. The van der Waals surface area contributed by atoms with Crippen LogP contribution in [0.3, 0.4) is 0 Å². The lowest BCUT2D eigenvalue weighted by Gasteiger charge is -2.09. The number of rotatable bonds is 6. The first-order valence-electron chi connectivity index (χ1n) is 10.6. The minimum absolute atomic E-state index is 0.00296. The van der Waals surface area contributed by atoms with E-state index in [2.05, 4.69) is 4.98 Å². The molecule has 5 aromatic rings. The Balaban J connectivity index is 1.78. The van der Waals surface area contributed by atoms with Gasteiger partial charge in [0, 0.05) is 6.26 Å². The lowest BCUT2D eigenvalue weighted by atomic mass is 10.0. The zero-order chi connectivity index (χ0) is 25.8. The molecule has 0 aliphatic heterocycles. The van der Waals surface area contributed by atoms with Gasteiger partial charge in [0.15, 0.2) is 26.5 Å². The summed E-state index contributed by atoms with van der Waals surface area (Å²) in [5.41, 5.74) is 1.01. The summed E-state index contributed by atoms with van der Waals surface area (Å²) in [5.74, 6) is -0.753. The van der Waals surface area contributed by atoms with Crippen LogP contribution in [0, 0.1) is 6.92 Å². The van der Waals surface area contributed by atoms with Crippen LogP contribution in [-0.2, 0) is 9.84 Å². The van der Waals surface area contributed by atoms with E-state index in [-0.39, 0.29) is 27.0 Å². The SMILES string of the molecule is COc1ccc(-c2c(C(=O)c3ccc(C)o3)c(O)c(O)n2-c2nc3ccc(S(C)(=O)=O)cc3s2)cc1. The molecule has 0 saturated carbocycles. The molecule has 184 valence electrons. The van der Waals surface area contributed by atoms with E-state index in [4.69, 9.17) is 9.15 Å². The van der Waals surface area contributed by atoms with Gasteiger partial charge in [-0.15, -0.1) is 0 Å². The summed E-state index contributed by atoms with van der Waals surface area (Å²) in [4.78, 5) is 18.1. The fraction of sp³-hybridized carbons (Fsp3) is 0.120. The van der Waals surface area contributed by atoms with Crippen molar-refractivity contribution in [2.75, 3.05) is 13.4 Å². The van der Waals surface area contributed by atoms with Gasteiger partial charge in [-0.1, -0.05) is 11.3 Å². The second kappa shape index (κ2) is 8.54. The molecule has 2 aromatic carbocycles. The number of thiazole rings is 1. The third-order valence-corrected chi connectivity index (χ3v) is 7.76. The fourth-order valence-electron chi connectivity index (χ4n) is 3.87. The first-order valence-corrected chi connectivity index (χ1v) is 13.3. The number of sulfone groups is 1. The van der Waals surface area contributed by atoms with Crippen LogP contribution < -0.4 is 4.74 Å². The molecular weight excluding hydrogens is 504 g/mol. The van der Waals surface area contributed by atoms with E-state index in [1.54, 1.807) is 43.3 Å². The van der Waals surface area contributed by atoms with Crippen molar-refractivity contribution in [1.29, 1.82) is 0 Å². The van der Waals surface area contributed by atoms with Gasteiger partial charge < -0.3 is 19.4 Å². The first kappa shape index (κ1) is 23.6.